The average molecular weight is 246 g/mol. The summed E-state index contributed by atoms with van der Waals surface area (Å²) in [5.41, 5.74) is 0.854. The fourth-order valence-electron chi connectivity index (χ4n) is 2.79. The average Bonchev–Trinajstić information content (AvgIpc) is 2.87. The number of para-hydroxylation sites is 1. The molecule has 0 spiro atoms. The van der Waals surface area contributed by atoms with Gasteiger partial charge in [-0.2, -0.15) is 0 Å². The van der Waals surface area contributed by atoms with Crippen molar-refractivity contribution in [3.8, 4) is 0 Å². The van der Waals surface area contributed by atoms with E-state index < -0.39 is 0 Å². The maximum atomic E-state index is 12.1. The van der Waals surface area contributed by atoms with Crippen LogP contribution < -0.4 is 5.32 Å². The van der Waals surface area contributed by atoms with Crippen molar-refractivity contribution in [2.75, 3.05) is 25.0 Å². The first-order valence-corrected chi connectivity index (χ1v) is 6.55. The number of urea groups is 1. The Morgan fingerprint density at radius 1 is 1.28 bits per heavy atom. The number of anilines is 1. The number of ether oxygens (including phenoxy) is 1. The SMILES string of the molecule is O=C(Nc1ccccc1)N1CC[C@H]2OCC[C@@H]2C1. The minimum absolute atomic E-state index is 0.00606. The van der Waals surface area contributed by atoms with Crippen LogP contribution in [0.5, 0.6) is 0 Å². The fourth-order valence-corrected chi connectivity index (χ4v) is 2.79. The normalized spacial score (nSPS) is 26.8. The molecular weight excluding hydrogens is 228 g/mol. The van der Waals surface area contributed by atoms with Gasteiger partial charge >= 0.3 is 6.03 Å². The van der Waals surface area contributed by atoms with Crippen LogP contribution in [0.3, 0.4) is 0 Å². The number of nitrogens with zero attached hydrogens (tertiary/aromatic N) is 1. The van der Waals surface area contributed by atoms with Gasteiger partial charge in [0.2, 0.25) is 0 Å². The second-order valence-corrected chi connectivity index (χ2v) is 4.99. The molecule has 1 aromatic rings. The number of amides is 2. The maximum Gasteiger partial charge on any atom is 0.321 e. The second kappa shape index (κ2) is 4.98. The van der Waals surface area contributed by atoms with Gasteiger partial charge in [-0.05, 0) is 25.0 Å². The van der Waals surface area contributed by atoms with Crippen molar-refractivity contribution < 1.29 is 9.53 Å². The van der Waals surface area contributed by atoms with Gasteiger partial charge < -0.3 is 15.0 Å². The van der Waals surface area contributed by atoms with Gasteiger partial charge in [0.25, 0.3) is 0 Å². The molecule has 2 amide bonds. The molecule has 1 N–H and O–H groups in total. The van der Waals surface area contributed by atoms with Gasteiger partial charge in [-0.3, -0.25) is 0 Å². The maximum absolute atomic E-state index is 12.1. The fraction of sp³-hybridized carbons (Fsp3) is 0.500. The molecule has 2 aliphatic heterocycles. The summed E-state index contributed by atoms with van der Waals surface area (Å²) in [6, 6.07) is 9.61. The summed E-state index contributed by atoms with van der Waals surface area (Å²) >= 11 is 0. The summed E-state index contributed by atoms with van der Waals surface area (Å²) in [6.07, 6.45) is 2.43. The summed E-state index contributed by atoms with van der Waals surface area (Å²) in [6.45, 7) is 2.46. The van der Waals surface area contributed by atoms with Crippen LogP contribution >= 0.6 is 0 Å². The summed E-state index contributed by atoms with van der Waals surface area (Å²) in [5.74, 6) is 0.528. The van der Waals surface area contributed by atoms with E-state index >= 15 is 0 Å². The van der Waals surface area contributed by atoms with Gasteiger partial charge in [-0.15, -0.1) is 0 Å². The highest BCUT2D eigenvalue weighted by Crippen LogP contribution is 2.28. The third-order valence-electron chi connectivity index (χ3n) is 3.80. The van der Waals surface area contributed by atoms with E-state index in [2.05, 4.69) is 5.32 Å². The topological polar surface area (TPSA) is 41.6 Å². The summed E-state index contributed by atoms with van der Waals surface area (Å²) < 4.78 is 5.64. The van der Waals surface area contributed by atoms with Crippen molar-refractivity contribution in [3.63, 3.8) is 0 Å². The van der Waals surface area contributed by atoms with Crippen molar-refractivity contribution in [3.05, 3.63) is 30.3 Å². The van der Waals surface area contributed by atoms with Gasteiger partial charge in [0.05, 0.1) is 6.10 Å². The van der Waals surface area contributed by atoms with E-state index in [4.69, 9.17) is 4.74 Å². The minimum atomic E-state index is 0.00606. The van der Waals surface area contributed by atoms with Crippen LogP contribution in [-0.2, 0) is 4.74 Å². The number of carbonyl (C=O) groups is 1. The molecule has 2 heterocycles. The lowest BCUT2D eigenvalue weighted by Crippen LogP contribution is -2.46. The minimum Gasteiger partial charge on any atom is -0.378 e. The Labute approximate surface area is 107 Å². The highest BCUT2D eigenvalue weighted by Gasteiger charge is 2.35. The number of piperidine rings is 1. The Hall–Kier alpha value is -1.55. The molecule has 2 atom stereocenters. The predicted molar refractivity (Wildman–Crippen MR) is 69.5 cm³/mol. The first kappa shape index (κ1) is 11.5. The van der Waals surface area contributed by atoms with Crippen LogP contribution in [0.4, 0.5) is 10.5 Å². The lowest BCUT2D eigenvalue weighted by atomic mass is 9.94. The van der Waals surface area contributed by atoms with Crippen molar-refractivity contribution in [2.24, 2.45) is 5.92 Å². The zero-order chi connectivity index (χ0) is 12.4. The van der Waals surface area contributed by atoms with Crippen LogP contribution in [0, 0.1) is 5.92 Å². The van der Waals surface area contributed by atoms with Gasteiger partial charge in [0.15, 0.2) is 0 Å². The van der Waals surface area contributed by atoms with E-state index in [1.807, 2.05) is 35.2 Å². The molecule has 4 nitrogen and oxygen atoms in total. The number of rotatable bonds is 1. The zero-order valence-electron chi connectivity index (χ0n) is 10.3. The molecule has 0 aromatic heterocycles. The van der Waals surface area contributed by atoms with Crippen molar-refractivity contribution >= 4 is 11.7 Å². The highest BCUT2D eigenvalue weighted by atomic mass is 16.5. The molecule has 2 fully saturated rings. The lowest BCUT2D eigenvalue weighted by molar-refractivity contribution is 0.0469. The quantitative estimate of drug-likeness (QED) is 0.826. The standard InChI is InChI=1S/C14H18N2O2/c17-14(15-12-4-2-1-3-5-12)16-8-6-13-11(10-16)7-9-18-13/h1-5,11,13H,6-10H2,(H,15,17)/t11-,13-/m1/s1. The van der Waals surface area contributed by atoms with Crippen molar-refractivity contribution in [1.29, 1.82) is 0 Å². The Morgan fingerprint density at radius 2 is 2.11 bits per heavy atom. The van der Waals surface area contributed by atoms with Gasteiger partial charge in [-0.1, -0.05) is 18.2 Å². The predicted octanol–water partition coefficient (Wildman–Crippen LogP) is 2.33. The first-order chi connectivity index (χ1) is 8.83. The van der Waals surface area contributed by atoms with E-state index in [0.29, 0.717) is 12.0 Å². The number of nitrogens with one attached hydrogen (secondary N) is 1. The highest BCUT2D eigenvalue weighted by molar-refractivity contribution is 5.89. The number of hydrogen-bond donors (Lipinski definition) is 1. The largest absolute Gasteiger partial charge is 0.378 e. The summed E-state index contributed by atoms with van der Waals surface area (Å²) in [4.78, 5) is 14.0. The number of hydrogen-bond acceptors (Lipinski definition) is 2. The van der Waals surface area contributed by atoms with Crippen LogP contribution in [-0.4, -0.2) is 36.7 Å². The molecule has 0 aliphatic carbocycles. The Balaban J connectivity index is 1.60. The van der Waals surface area contributed by atoms with E-state index in [9.17, 15) is 4.79 Å². The van der Waals surface area contributed by atoms with E-state index in [-0.39, 0.29) is 6.03 Å². The van der Waals surface area contributed by atoms with Crippen LogP contribution in [0.2, 0.25) is 0 Å². The van der Waals surface area contributed by atoms with E-state index in [0.717, 1.165) is 38.2 Å². The third kappa shape index (κ3) is 2.34. The summed E-state index contributed by atoms with van der Waals surface area (Å²) in [7, 11) is 0. The molecule has 18 heavy (non-hydrogen) atoms. The van der Waals surface area contributed by atoms with Crippen LogP contribution in [0.25, 0.3) is 0 Å². The molecule has 4 heteroatoms. The molecular formula is C14H18N2O2. The smallest absolute Gasteiger partial charge is 0.321 e. The molecule has 2 aliphatic rings. The monoisotopic (exact) mass is 246 g/mol. The van der Waals surface area contributed by atoms with E-state index in [1.165, 1.54) is 0 Å². The van der Waals surface area contributed by atoms with Gasteiger partial charge in [0.1, 0.15) is 0 Å². The van der Waals surface area contributed by atoms with Gasteiger partial charge in [0, 0.05) is 31.3 Å². The molecule has 0 saturated carbocycles. The van der Waals surface area contributed by atoms with Crippen LogP contribution in [0.15, 0.2) is 30.3 Å². The third-order valence-corrected chi connectivity index (χ3v) is 3.80. The molecule has 3 rings (SSSR count). The molecule has 0 radical (unpaired) electrons. The van der Waals surface area contributed by atoms with Crippen molar-refractivity contribution in [2.45, 2.75) is 18.9 Å². The number of likely N-dealkylation sites (tertiary alicyclic amines) is 1. The van der Waals surface area contributed by atoms with Crippen LogP contribution in [0.1, 0.15) is 12.8 Å². The second-order valence-electron chi connectivity index (χ2n) is 4.99. The zero-order valence-corrected chi connectivity index (χ0v) is 10.3. The Kier molecular flexibility index (Phi) is 3.19. The molecule has 0 unspecified atom stereocenters. The molecule has 96 valence electrons. The summed E-state index contributed by atoms with van der Waals surface area (Å²) in [5, 5.41) is 2.94. The molecule has 0 bridgehead atoms. The number of carbonyl (C=O) groups excluding carboxylic acids is 1. The first-order valence-electron chi connectivity index (χ1n) is 6.55. The van der Waals surface area contributed by atoms with Gasteiger partial charge in [-0.25, -0.2) is 4.79 Å². The molecule has 2 saturated heterocycles. The number of benzene rings is 1. The molecule has 1 aromatic carbocycles. The van der Waals surface area contributed by atoms with E-state index in [1.54, 1.807) is 0 Å². The number of fused-ring (bicyclic) bond motifs is 1. The lowest BCUT2D eigenvalue weighted by Gasteiger charge is -2.34. The Morgan fingerprint density at radius 3 is 2.94 bits per heavy atom. The Bertz CT molecular complexity index is 421. The van der Waals surface area contributed by atoms with Crippen molar-refractivity contribution in [1.82, 2.24) is 4.90 Å².